The van der Waals surface area contributed by atoms with E-state index in [-0.39, 0.29) is 11.8 Å². The van der Waals surface area contributed by atoms with Crippen LogP contribution in [-0.4, -0.2) is 20.7 Å². The molecule has 124 valence electrons. The van der Waals surface area contributed by atoms with Crippen LogP contribution in [0.15, 0.2) is 30.3 Å². The Bertz CT molecular complexity index is 843. The summed E-state index contributed by atoms with van der Waals surface area (Å²) in [6, 6.07) is 9.93. The van der Waals surface area contributed by atoms with E-state index in [9.17, 15) is 4.79 Å². The van der Waals surface area contributed by atoms with Crippen molar-refractivity contribution in [3.05, 3.63) is 36.0 Å². The van der Waals surface area contributed by atoms with Crippen molar-refractivity contribution in [3.63, 3.8) is 0 Å². The third-order valence-corrected chi connectivity index (χ3v) is 5.53. The Kier molecular flexibility index (Phi) is 4.06. The van der Waals surface area contributed by atoms with Gasteiger partial charge in [0.25, 0.3) is 0 Å². The standard InChI is InChI=1S/C18H20N4OS/c1-12-11-16(20-17(23)13-7-3-2-4-8-13)22(21-12)18-19-14-9-5-6-10-15(14)24-18/h5-6,9-11,13H,2-4,7-8H2,1H3,(H,20,23). The predicted molar refractivity (Wildman–Crippen MR) is 96.7 cm³/mol. The lowest BCUT2D eigenvalue weighted by atomic mass is 9.89. The van der Waals surface area contributed by atoms with E-state index in [4.69, 9.17) is 0 Å². The second-order valence-corrected chi connectivity index (χ2v) is 7.38. The molecule has 0 aliphatic heterocycles. The summed E-state index contributed by atoms with van der Waals surface area (Å²) in [6.07, 6.45) is 5.51. The highest BCUT2D eigenvalue weighted by atomic mass is 32.1. The fourth-order valence-corrected chi connectivity index (χ4v) is 4.21. The number of anilines is 1. The average molecular weight is 340 g/mol. The van der Waals surface area contributed by atoms with E-state index < -0.39 is 0 Å². The van der Waals surface area contributed by atoms with Crippen LogP contribution < -0.4 is 5.32 Å². The summed E-state index contributed by atoms with van der Waals surface area (Å²) in [5, 5.41) is 8.38. The van der Waals surface area contributed by atoms with Gasteiger partial charge in [0.2, 0.25) is 11.0 Å². The van der Waals surface area contributed by atoms with Crippen LogP contribution in [0.4, 0.5) is 5.82 Å². The Morgan fingerprint density at radius 2 is 2.04 bits per heavy atom. The minimum atomic E-state index is 0.108. The molecule has 0 saturated heterocycles. The monoisotopic (exact) mass is 340 g/mol. The number of carbonyl (C=O) groups is 1. The van der Waals surface area contributed by atoms with E-state index in [0.29, 0.717) is 5.82 Å². The average Bonchev–Trinajstić information content (AvgIpc) is 3.18. The maximum atomic E-state index is 12.6. The van der Waals surface area contributed by atoms with Crippen LogP contribution in [0.2, 0.25) is 0 Å². The van der Waals surface area contributed by atoms with Crippen molar-refractivity contribution in [1.82, 2.24) is 14.8 Å². The van der Waals surface area contributed by atoms with E-state index in [1.807, 2.05) is 37.3 Å². The maximum Gasteiger partial charge on any atom is 0.228 e. The van der Waals surface area contributed by atoms with Gasteiger partial charge < -0.3 is 5.32 Å². The molecule has 0 bridgehead atoms. The number of fused-ring (bicyclic) bond motifs is 1. The minimum Gasteiger partial charge on any atom is -0.310 e. The predicted octanol–water partition coefficient (Wildman–Crippen LogP) is 4.31. The van der Waals surface area contributed by atoms with Gasteiger partial charge in [0.1, 0.15) is 5.82 Å². The molecule has 24 heavy (non-hydrogen) atoms. The molecule has 1 aromatic carbocycles. The zero-order valence-corrected chi connectivity index (χ0v) is 14.5. The number of amides is 1. The molecule has 1 N–H and O–H groups in total. The molecule has 0 unspecified atom stereocenters. The summed E-state index contributed by atoms with van der Waals surface area (Å²) in [5.74, 6) is 0.942. The molecule has 0 radical (unpaired) electrons. The van der Waals surface area contributed by atoms with Gasteiger partial charge in [-0.05, 0) is 31.9 Å². The van der Waals surface area contributed by atoms with Gasteiger partial charge in [-0.1, -0.05) is 42.7 Å². The first kappa shape index (κ1) is 15.3. The molecule has 1 amide bonds. The quantitative estimate of drug-likeness (QED) is 0.773. The molecule has 1 aliphatic carbocycles. The first-order valence-corrected chi connectivity index (χ1v) is 9.26. The Balaban J connectivity index is 1.63. The number of para-hydroxylation sites is 1. The molecule has 1 fully saturated rings. The number of hydrogen-bond donors (Lipinski definition) is 1. The molecule has 0 spiro atoms. The topological polar surface area (TPSA) is 59.8 Å². The lowest BCUT2D eigenvalue weighted by Crippen LogP contribution is -2.25. The van der Waals surface area contributed by atoms with Crippen molar-refractivity contribution in [3.8, 4) is 5.13 Å². The summed E-state index contributed by atoms with van der Waals surface area (Å²) in [7, 11) is 0. The smallest absolute Gasteiger partial charge is 0.228 e. The molecule has 5 nitrogen and oxygen atoms in total. The van der Waals surface area contributed by atoms with Crippen LogP contribution in [0.3, 0.4) is 0 Å². The summed E-state index contributed by atoms with van der Waals surface area (Å²) in [6.45, 7) is 1.93. The third kappa shape index (κ3) is 2.94. The molecule has 0 atom stereocenters. The lowest BCUT2D eigenvalue weighted by molar-refractivity contribution is -0.120. The van der Waals surface area contributed by atoms with Crippen molar-refractivity contribution in [2.45, 2.75) is 39.0 Å². The number of aryl methyl sites for hydroxylation is 1. The van der Waals surface area contributed by atoms with Gasteiger partial charge in [-0.2, -0.15) is 9.78 Å². The van der Waals surface area contributed by atoms with E-state index in [2.05, 4.69) is 15.4 Å². The van der Waals surface area contributed by atoms with Crippen LogP contribution in [-0.2, 0) is 4.79 Å². The number of aromatic nitrogens is 3. The second-order valence-electron chi connectivity index (χ2n) is 6.37. The largest absolute Gasteiger partial charge is 0.310 e. The van der Waals surface area contributed by atoms with Crippen molar-refractivity contribution in [1.29, 1.82) is 0 Å². The number of hydrogen-bond acceptors (Lipinski definition) is 4. The highest BCUT2D eigenvalue weighted by molar-refractivity contribution is 7.20. The lowest BCUT2D eigenvalue weighted by Gasteiger charge is -2.20. The number of rotatable bonds is 3. The number of nitrogens with one attached hydrogen (secondary N) is 1. The normalized spacial score (nSPS) is 15.7. The van der Waals surface area contributed by atoms with Gasteiger partial charge in [0.15, 0.2) is 0 Å². The summed E-state index contributed by atoms with van der Waals surface area (Å²) in [4.78, 5) is 17.2. The zero-order valence-electron chi connectivity index (χ0n) is 13.7. The molecule has 4 rings (SSSR count). The highest BCUT2D eigenvalue weighted by Gasteiger charge is 2.23. The second kappa shape index (κ2) is 6.36. The fraction of sp³-hybridized carbons (Fsp3) is 0.389. The van der Waals surface area contributed by atoms with Crippen LogP contribution in [0, 0.1) is 12.8 Å². The SMILES string of the molecule is Cc1cc(NC(=O)C2CCCCC2)n(-c2nc3ccccc3s2)n1. The van der Waals surface area contributed by atoms with E-state index in [0.717, 1.165) is 46.7 Å². The van der Waals surface area contributed by atoms with Gasteiger partial charge >= 0.3 is 0 Å². The molecular weight excluding hydrogens is 320 g/mol. The number of thiazole rings is 1. The van der Waals surface area contributed by atoms with Crippen molar-refractivity contribution >= 4 is 33.3 Å². The molecule has 1 aliphatic rings. The van der Waals surface area contributed by atoms with E-state index in [1.165, 1.54) is 6.42 Å². The number of nitrogens with zero attached hydrogens (tertiary/aromatic N) is 3. The first-order valence-electron chi connectivity index (χ1n) is 8.44. The van der Waals surface area contributed by atoms with Gasteiger partial charge in [-0.15, -0.1) is 0 Å². The molecule has 1 saturated carbocycles. The Morgan fingerprint density at radius 3 is 2.83 bits per heavy atom. The zero-order chi connectivity index (χ0) is 16.5. The van der Waals surface area contributed by atoms with Gasteiger partial charge in [0, 0.05) is 12.0 Å². The van der Waals surface area contributed by atoms with Gasteiger partial charge in [0.05, 0.1) is 15.9 Å². The summed E-state index contributed by atoms with van der Waals surface area (Å²) >= 11 is 1.58. The third-order valence-electron chi connectivity index (χ3n) is 4.52. The van der Waals surface area contributed by atoms with Crippen LogP contribution in [0.1, 0.15) is 37.8 Å². The Labute approximate surface area is 144 Å². The first-order chi connectivity index (χ1) is 11.7. The molecule has 3 aromatic rings. The summed E-state index contributed by atoms with van der Waals surface area (Å²) in [5.41, 5.74) is 1.82. The van der Waals surface area contributed by atoms with E-state index >= 15 is 0 Å². The molecule has 6 heteroatoms. The van der Waals surface area contributed by atoms with E-state index in [1.54, 1.807) is 16.0 Å². The summed E-state index contributed by atoms with van der Waals surface area (Å²) < 4.78 is 2.87. The van der Waals surface area contributed by atoms with Crippen molar-refractivity contribution in [2.24, 2.45) is 5.92 Å². The van der Waals surface area contributed by atoms with Crippen LogP contribution >= 0.6 is 11.3 Å². The highest BCUT2D eigenvalue weighted by Crippen LogP contribution is 2.28. The van der Waals surface area contributed by atoms with Gasteiger partial charge in [-0.25, -0.2) is 4.98 Å². The Hall–Kier alpha value is -2.21. The number of carbonyl (C=O) groups excluding carboxylic acids is 1. The fourth-order valence-electron chi connectivity index (χ4n) is 3.28. The van der Waals surface area contributed by atoms with Crippen LogP contribution in [0.5, 0.6) is 0 Å². The van der Waals surface area contributed by atoms with Gasteiger partial charge in [-0.3, -0.25) is 4.79 Å². The Morgan fingerprint density at radius 1 is 1.25 bits per heavy atom. The maximum absolute atomic E-state index is 12.6. The minimum absolute atomic E-state index is 0.108. The molecule has 2 heterocycles. The van der Waals surface area contributed by atoms with Crippen molar-refractivity contribution < 1.29 is 4.79 Å². The number of benzene rings is 1. The van der Waals surface area contributed by atoms with Crippen molar-refractivity contribution in [2.75, 3.05) is 5.32 Å². The molecule has 2 aromatic heterocycles. The van der Waals surface area contributed by atoms with Crippen LogP contribution in [0.25, 0.3) is 15.3 Å². The molecular formula is C18H20N4OS.